The van der Waals surface area contributed by atoms with Gasteiger partial charge in [0.2, 0.25) is 0 Å². The second kappa shape index (κ2) is 3.21. The van der Waals surface area contributed by atoms with Crippen molar-refractivity contribution in [2.24, 2.45) is 0 Å². The highest BCUT2D eigenvalue weighted by molar-refractivity contribution is 5.31. The second-order valence-corrected chi connectivity index (χ2v) is 2.65. The van der Waals surface area contributed by atoms with Gasteiger partial charge in [0.25, 0.3) is 0 Å². The Hall–Kier alpha value is -0.930. The number of aliphatic hydroxyl groups is 4. The van der Waals surface area contributed by atoms with Crippen LogP contribution in [0.5, 0.6) is 0 Å². The van der Waals surface area contributed by atoms with Crippen molar-refractivity contribution in [2.75, 3.05) is 0 Å². The molecule has 0 saturated heterocycles. The first-order chi connectivity index (χ1) is 5.57. The third kappa shape index (κ3) is 1.33. The van der Waals surface area contributed by atoms with E-state index >= 15 is 0 Å². The van der Waals surface area contributed by atoms with E-state index in [-0.39, 0.29) is 5.57 Å². The summed E-state index contributed by atoms with van der Waals surface area (Å²) in [6.45, 7) is 0. The van der Waals surface area contributed by atoms with Crippen LogP contribution in [0.25, 0.3) is 0 Å². The zero-order chi connectivity index (χ0) is 9.30. The predicted octanol–water partition coefficient (Wildman–Crippen LogP) is -2.11. The van der Waals surface area contributed by atoms with Gasteiger partial charge in [0.05, 0.1) is 11.6 Å². The van der Waals surface area contributed by atoms with Gasteiger partial charge in [-0.3, -0.25) is 0 Å². The highest BCUT2D eigenvalue weighted by Crippen LogP contribution is 2.19. The Kier molecular flexibility index (Phi) is 2.45. The lowest BCUT2D eigenvalue weighted by atomic mass is 9.90. The molecule has 0 heterocycles. The highest BCUT2D eigenvalue weighted by Gasteiger charge is 2.36. The van der Waals surface area contributed by atoms with E-state index in [1.54, 1.807) is 6.07 Å². The maximum absolute atomic E-state index is 9.11. The second-order valence-electron chi connectivity index (χ2n) is 2.65. The molecule has 0 fully saturated rings. The summed E-state index contributed by atoms with van der Waals surface area (Å²) in [6.07, 6.45) is -4.61. The van der Waals surface area contributed by atoms with E-state index in [1.165, 1.54) is 0 Å². The number of nitrogens with zero attached hydrogens (tertiary/aromatic N) is 1. The number of rotatable bonds is 0. The molecule has 12 heavy (non-hydrogen) atoms. The van der Waals surface area contributed by atoms with Crippen molar-refractivity contribution in [2.45, 2.75) is 24.4 Å². The molecule has 0 unspecified atom stereocenters. The summed E-state index contributed by atoms with van der Waals surface area (Å²) in [5.74, 6) is 0. The van der Waals surface area contributed by atoms with E-state index < -0.39 is 24.4 Å². The molecule has 5 nitrogen and oxygen atoms in total. The highest BCUT2D eigenvalue weighted by atomic mass is 16.4. The molecule has 66 valence electrons. The van der Waals surface area contributed by atoms with Crippen LogP contribution in [0.15, 0.2) is 11.6 Å². The zero-order valence-electron chi connectivity index (χ0n) is 6.12. The van der Waals surface area contributed by atoms with E-state index in [0.29, 0.717) is 0 Å². The molecule has 0 aliphatic heterocycles. The van der Waals surface area contributed by atoms with Crippen LogP contribution in [-0.4, -0.2) is 44.8 Å². The fraction of sp³-hybridized carbons (Fsp3) is 0.571. The summed E-state index contributed by atoms with van der Waals surface area (Å²) >= 11 is 0. The average molecular weight is 171 g/mol. The first-order valence-corrected chi connectivity index (χ1v) is 3.42. The third-order valence-corrected chi connectivity index (χ3v) is 1.82. The molecule has 0 saturated carbocycles. The smallest absolute Gasteiger partial charge is 0.117 e. The van der Waals surface area contributed by atoms with Gasteiger partial charge in [-0.05, 0) is 6.08 Å². The standard InChI is InChI=1S/C7H9NO4/c8-2-3-1-4(9)6(11)7(12)5(3)10/h1,4-7,9-12H/t4-,5+,6-,7+/m0/s1. The van der Waals surface area contributed by atoms with Crippen LogP contribution < -0.4 is 0 Å². The monoisotopic (exact) mass is 171 g/mol. The lowest BCUT2D eigenvalue weighted by Crippen LogP contribution is -2.48. The van der Waals surface area contributed by atoms with Gasteiger partial charge in [0, 0.05) is 0 Å². The van der Waals surface area contributed by atoms with Gasteiger partial charge < -0.3 is 20.4 Å². The maximum atomic E-state index is 9.11. The first kappa shape index (κ1) is 9.16. The van der Waals surface area contributed by atoms with Crippen molar-refractivity contribution in [3.05, 3.63) is 11.6 Å². The zero-order valence-corrected chi connectivity index (χ0v) is 6.12. The summed E-state index contributed by atoms with van der Waals surface area (Å²) in [7, 11) is 0. The van der Waals surface area contributed by atoms with Crippen LogP contribution in [0.2, 0.25) is 0 Å². The molecule has 0 spiro atoms. The minimum Gasteiger partial charge on any atom is -0.387 e. The van der Waals surface area contributed by atoms with Crippen molar-refractivity contribution in [1.82, 2.24) is 0 Å². The summed E-state index contributed by atoms with van der Waals surface area (Å²) in [6, 6.07) is 1.62. The van der Waals surface area contributed by atoms with Crippen molar-refractivity contribution in [3.63, 3.8) is 0 Å². The van der Waals surface area contributed by atoms with Crippen molar-refractivity contribution < 1.29 is 20.4 Å². The van der Waals surface area contributed by atoms with Gasteiger partial charge >= 0.3 is 0 Å². The van der Waals surface area contributed by atoms with Crippen LogP contribution in [0.3, 0.4) is 0 Å². The quantitative estimate of drug-likeness (QED) is 0.334. The van der Waals surface area contributed by atoms with E-state index in [1.807, 2.05) is 0 Å². The van der Waals surface area contributed by atoms with Crippen molar-refractivity contribution in [3.8, 4) is 6.07 Å². The molecule has 1 rings (SSSR count). The van der Waals surface area contributed by atoms with E-state index in [2.05, 4.69) is 0 Å². The fourth-order valence-electron chi connectivity index (χ4n) is 1.06. The molecule has 0 amide bonds. The maximum Gasteiger partial charge on any atom is 0.117 e. The number of hydrogen-bond acceptors (Lipinski definition) is 5. The third-order valence-electron chi connectivity index (χ3n) is 1.82. The Morgan fingerprint density at radius 1 is 1.17 bits per heavy atom. The topological polar surface area (TPSA) is 105 Å². The lowest BCUT2D eigenvalue weighted by Gasteiger charge is -2.29. The normalized spacial score (nSPS) is 41.8. The van der Waals surface area contributed by atoms with Gasteiger partial charge in [0.1, 0.15) is 24.4 Å². The molecule has 0 radical (unpaired) electrons. The summed E-state index contributed by atoms with van der Waals surface area (Å²) in [4.78, 5) is 0. The summed E-state index contributed by atoms with van der Waals surface area (Å²) in [5.41, 5.74) is -0.125. The van der Waals surface area contributed by atoms with E-state index in [0.717, 1.165) is 6.08 Å². The minimum absolute atomic E-state index is 0.125. The molecular weight excluding hydrogens is 162 g/mol. The fourth-order valence-corrected chi connectivity index (χ4v) is 1.06. The molecule has 1 aliphatic carbocycles. The Morgan fingerprint density at radius 2 is 1.75 bits per heavy atom. The summed E-state index contributed by atoms with van der Waals surface area (Å²) < 4.78 is 0. The Labute approximate surface area is 68.8 Å². The van der Waals surface area contributed by atoms with Crippen LogP contribution in [0, 0.1) is 11.3 Å². The Morgan fingerprint density at radius 3 is 2.25 bits per heavy atom. The molecule has 0 bridgehead atoms. The van der Waals surface area contributed by atoms with E-state index in [9.17, 15) is 0 Å². The Bertz CT molecular complexity index is 244. The molecular formula is C7H9NO4. The molecule has 0 aromatic rings. The van der Waals surface area contributed by atoms with Crippen LogP contribution >= 0.6 is 0 Å². The minimum atomic E-state index is -1.50. The SMILES string of the molecule is N#CC1=C[C@H](O)[C@H](O)[C@H](O)[C@@H]1O. The number of nitriles is 1. The number of aliphatic hydroxyl groups excluding tert-OH is 4. The molecule has 5 heteroatoms. The molecule has 4 atom stereocenters. The van der Waals surface area contributed by atoms with Crippen molar-refractivity contribution in [1.29, 1.82) is 5.26 Å². The van der Waals surface area contributed by atoms with Crippen LogP contribution in [0.1, 0.15) is 0 Å². The first-order valence-electron chi connectivity index (χ1n) is 3.42. The largest absolute Gasteiger partial charge is 0.387 e. The van der Waals surface area contributed by atoms with Gasteiger partial charge in [0.15, 0.2) is 0 Å². The van der Waals surface area contributed by atoms with E-state index in [4.69, 9.17) is 25.7 Å². The average Bonchev–Trinajstić information content (AvgIpc) is 2.08. The molecule has 4 N–H and O–H groups in total. The predicted molar refractivity (Wildman–Crippen MR) is 37.7 cm³/mol. The molecule has 0 aromatic heterocycles. The molecule has 1 aliphatic rings. The van der Waals surface area contributed by atoms with Gasteiger partial charge in [-0.25, -0.2) is 0 Å². The van der Waals surface area contributed by atoms with Crippen LogP contribution in [0.4, 0.5) is 0 Å². The van der Waals surface area contributed by atoms with Gasteiger partial charge in [-0.1, -0.05) is 0 Å². The Balaban J connectivity index is 2.93. The number of hydrogen-bond donors (Lipinski definition) is 4. The molecule has 0 aromatic carbocycles. The summed E-state index contributed by atoms with van der Waals surface area (Å²) in [5, 5.41) is 44.6. The van der Waals surface area contributed by atoms with Gasteiger partial charge in [-0.2, -0.15) is 5.26 Å². The van der Waals surface area contributed by atoms with Gasteiger partial charge in [-0.15, -0.1) is 0 Å². The van der Waals surface area contributed by atoms with Crippen molar-refractivity contribution >= 4 is 0 Å². The lowest BCUT2D eigenvalue weighted by molar-refractivity contribution is -0.0910. The van der Waals surface area contributed by atoms with Crippen LogP contribution in [-0.2, 0) is 0 Å².